The molecule has 0 unspecified atom stereocenters. The Hall–Kier alpha value is -2.45. The number of hydrogen-bond donors (Lipinski definition) is 1. The molecule has 0 radical (unpaired) electrons. The van der Waals surface area contributed by atoms with Gasteiger partial charge < -0.3 is 14.5 Å². The van der Waals surface area contributed by atoms with Gasteiger partial charge in [-0.1, -0.05) is 30.3 Å². The number of fused-ring (bicyclic) bond motifs is 1. The van der Waals surface area contributed by atoms with Gasteiger partial charge in [0.15, 0.2) is 5.79 Å². The van der Waals surface area contributed by atoms with Gasteiger partial charge in [-0.2, -0.15) is 18.2 Å². The van der Waals surface area contributed by atoms with Crippen LogP contribution in [0.1, 0.15) is 28.9 Å². The van der Waals surface area contributed by atoms with E-state index in [0.29, 0.717) is 18.8 Å². The lowest BCUT2D eigenvalue weighted by molar-refractivity contribution is -0.158. The van der Waals surface area contributed by atoms with Crippen LogP contribution in [0.25, 0.3) is 11.6 Å². The Labute approximate surface area is 146 Å². The molecule has 1 aliphatic heterocycles. The van der Waals surface area contributed by atoms with Gasteiger partial charge in [-0.3, -0.25) is 0 Å². The van der Waals surface area contributed by atoms with Crippen molar-refractivity contribution in [2.24, 2.45) is 0 Å². The highest BCUT2D eigenvalue weighted by atomic mass is 19.4. The lowest BCUT2D eigenvalue weighted by atomic mass is 9.84. The molecule has 0 saturated carbocycles. The maximum atomic E-state index is 13.5. The molecule has 2 heterocycles. The van der Waals surface area contributed by atoms with Crippen molar-refractivity contribution < 1.29 is 22.6 Å². The summed E-state index contributed by atoms with van der Waals surface area (Å²) in [6.07, 6.45) is -2.88. The topological polar surface area (TPSA) is 64.2 Å². The van der Waals surface area contributed by atoms with E-state index < -0.39 is 23.3 Å². The van der Waals surface area contributed by atoms with Crippen LogP contribution in [0.4, 0.5) is 13.2 Å². The molecule has 0 amide bonds. The van der Waals surface area contributed by atoms with E-state index in [1.54, 1.807) is 6.08 Å². The van der Waals surface area contributed by atoms with E-state index in [0.717, 1.165) is 5.56 Å². The number of nitrogens with zero attached hydrogens (tertiary/aromatic N) is 1. The molecule has 1 N–H and O–H groups in total. The first-order chi connectivity index (χ1) is 12.4. The fourth-order valence-electron chi connectivity index (χ4n) is 3.45. The van der Waals surface area contributed by atoms with E-state index in [-0.39, 0.29) is 24.1 Å². The van der Waals surface area contributed by atoms with Gasteiger partial charge in [0.05, 0.1) is 18.9 Å². The number of ether oxygens (including phenoxy) is 2. The molecule has 2 aromatic rings. The van der Waals surface area contributed by atoms with Gasteiger partial charge in [-0.15, -0.1) is 0 Å². The number of aromatic amines is 1. The number of H-pyrrole nitrogens is 1. The number of nitrogens with one attached hydrogen (secondary N) is 1. The fraction of sp³-hybridized carbons (Fsp3) is 0.333. The highest BCUT2D eigenvalue weighted by Gasteiger charge is 2.47. The smallest absolute Gasteiger partial charge is 0.347 e. The Balaban J connectivity index is 1.93. The summed E-state index contributed by atoms with van der Waals surface area (Å²) in [4.78, 5) is 17.4. The zero-order valence-electron chi connectivity index (χ0n) is 13.6. The minimum absolute atomic E-state index is 0.0506. The molecule has 1 aromatic carbocycles. The largest absolute Gasteiger partial charge is 0.431 e. The van der Waals surface area contributed by atoms with E-state index in [1.807, 2.05) is 35.3 Å². The molecule has 2 aliphatic rings. The van der Waals surface area contributed by atoms with Crippen molar-refractivity contribution in [1.29, 1.82) is 0 Å². The summed E-state index contributed by atoms with van der Waals surface area (Å²) in [5.41, 5.74) is -0.902. The average Bonchev–Trinajstić information content (AvgIpc) is 3.03. The molecule has 4 rings (SSSR count). The number of alkyl halides is 3. The first-order valence-electron chi connectivity index (χ1n) is 8.11. The van der Waals surface area contributed by atoms with E-state index in [1.165, 1.54) is 0 Å². The minimum atomic E-state index is -4.71. The number of halogens is 3. The van der Waals surface area contributed by atoms with Crippen LogP contribution in [0, 0.1) is 0 Å². The lowest BCUT2D eigenvalue weighted by Gasteiger charge is -2.34. The monoisotopic (exact) mass is 364 g/mol. The zero-order valence-corrected chi connectivity index (χ0v) is 13.6. The summed E-state index contributed by atoms with van der Waals surface area (Å²) in [5.74, 6) is -1.16. The number of aromatic nitrogens is 2. The Bertz CT molecular complexity index is 914. The standard InChI is InChI=1S/C18H15F3N2O3/c19-18(20,21)15-13-10-17(25-6-7-26-17)9-12(14(13)22-16(24)23-15)8-11-4-2-1-3-5-11/h1-5,8H,6-7,9-10H2,(H,22,23,24). The zero-order chi connectivity index (χ0) is 18.4. The van der Waals surface area contributed by atoms with Gasteiger partial charge in [-0.25, -0.2) is 4.79 Å². The van der Waals surface area contributed by atoms with Crippen LogP contribution in [0.5, 0.6) is 0 Å². The predicted octanol–water partition coefficient (Wildman–Crippen LogP) is 3.02. The molecule has 26 heavy (non-hydrogen) atoms. The van der Waals surface area contributed by atoms with Gasteiger partial charge in [0, 0.05) is 18.4 Å². The second-order valence-electron chi connectivity index (χ2n) is 6.28. The molecular weight excluding hydrogens is 349 g/mol. The normalized spacial score (nSPS) is 20.5. The van der Waals surface area contributed by atoms with Crippen LogP contribution < -0.4 is 5.69 Å². The van der Waals surface area contributed by atoms with Crippen molar-refractivity contribution in [3.05, 3.63) is 63.3 Å². The lowest BCUT2D eigenvalue weighted by Crippen LogP contribution is -2.39. The fourth-order valence-corrected chi connectivity index (χ4v) is 3.45. The summed E-state index contributed by atoms with van der Waals surface area (Å²) in [5, 5.41) is 0. The molecule has 136 valence electrons. The van der Waals surface area contributed by atoms with Gasteiger partial charge in [0.25, 0.3) is 0 Å². The van der Waals surface area contributed by atoms with Crippen molar-refractivity contribution in [3.8, 4) is 0 Å². The molecule has 8 heteroatoms. The molecule has 1 spiro atoms. The Kier molecular flexibility index (Phi) is 3.96. The Morgan fingerprint density at radius 3 is 2.46 bits per heavy atom. The van der Waals surface area contributed by atoms with Crippen LogP contribution in [-0.4, -0.2) is 29.0 Å². The predicted molar refractivity (Wildman–Crippen MR) is 87.1 cm³/mol. The molecular formula is C18H15F3N2O3. The van der Waals surface area contributed by atoms with E-state index >= 15 is 0 Å². The molecule has 0 bridgehead atoms. The Morgan fingerprint density at radius 1 is 1.12 bits per heavy atom. The summed E-state index contributed by atoms with van der Waals surface area (Å²) >= 11 is 0. The number of hydrogen-bond acceptors (Lipinski definition) is 4. The van der Waals surface area contributed by atoms with Crippen LogP contribution in [0.15, 0.2) is 35.1 Å². The summed E-state index contributed by atoms with van der Waals surface area (Å²) in [6, 6.07) is 9.12. The molecule has 1 fully saturated rings. The van der Waals surface area contributed by atoms with Gasteiger partial charge in [0.1, 0.15) is 5.69 Å². The van der Waals surface area contributed by atoms with E-state index in [4.69, 9.17) is 9.47 Å². The van der Waals surface area contributed by atoms with Crippen LogP contribution >= 0.6 is 0 Å². The van der Waals surface area contributed by atoms with E-state index in [2.05, 4.69) is 4.98 Å². The quantitative estimate of drug-likeness (QED) is 0.845. The van der Waals surface area contributed by atoms with Gasteiger partial charge in [-0.05, 0) is 17.2 Å². The van der Waals surface area contributed by atoms with Gasteiger partial charge in [0.2, 0.25) is 0 Å². The van der Waals surface area contributed by atoms with Crippen molar-refractivity contribution >= 4 is 11.6 Å². The van der Waals surface area contributed by atoms with Crippen LogP contribution in [0.2, 0.25) is 0 Å². The molecule has 0 atom stereocenters. The van der Waals surface area contributed by atoms with Crippen molar-refractivity contribution in [1.82, 2.24) is 9.97 Å². The third kappa shape index (κ3) is 3.06. The second-order valence-corrected chi connectivity index (χ2v) is 6.28. The third-order valence-electron chi connectivity index (χ3n) is 4.48. The molecule has 1 saturated heterocycles. The maximum absolute atomic E-state index is 13.5. The highest BCUT2D eigenvalue weighted by Crippen LogP contribution is 2.44. The van der Waals surface area contributed by atoms with Gasteiger partial charge >= 0.3 is 11.9 Å². The Morgan fingerprint density at radius 2 is 1.81 bits per heavy atom. The summed E-state index contributed by atoms with van der Waals surface area (Å²) in [6.45, 7) is 0.623. The van der Waals surface area contributed by atoms with Crippen LogP contribution in [0.3, 0.4) is 0 Å². The maximum Gasteiger partial charge on any atom is 0.431 e. The SMILES string of the molecule is O=c1nc2c(c(C(F)(F)F)[nH]1)CC1(CC2=Cc2ccccc2)OCCO1. The second kappa shape index (κ2) is 6.07. The van der Waals surface area contributed by atoms with Crippen molar-refractivity contribution in [3.63, 3.8) is 0 Å². The summed E-state index contributed by atoms with van der Waals surface area (Å²) < 4.78 is 51.8. The highest BCUT2D eigenvalue weighted by molar-refractivity contribution is 5.83. The molecule has 1 aromatic heterocycles. The van der Waals surface area contributed by atoms with Crippen molar-refractivity contribution in [2.45, 2.75) is 24.8 Å². The molecule has 5 nitrogen and oxygen atoms in total. The average molecular weight is 364 g/mol. The number of benzene rings is 1. The molecule has 1 aliphatic carbocycles. The first-order valence-corrected chi connectivity index (χ1v) is 8.11. The third-order valence-corrected chi connectivity index (χ3v) is 4.48. The minimum Gasteiger partial charge on any atom is -0.347 e. The summed E-state index contributed by atoms with van der Waals surface area (Å²) in [7, 11) is 0. The number of rotatable bonds is 1. The van der Waals surface area contributed by atoms with Crippen molar-refractivity contribution in [2.75, 3.05) is 13.2 Å². The van der Waals surface area contributed by atoms with E-state index in [9.17, 15) is 18.0 Å². The first kappa shape index (κ1) is 17.0. The van der Waals surface area contributed by atoms with Crippen LogP contribution in [-0.2, 0) is 22.1 Å².